The van der Waals surface area contributed by atoms with Gasteiger partial charge in [0.2, 0.25) is 11.8 Å². The highest BCUT2D eigenvalue weighted by Crippen LogP contribution is 2.29. The van der Waals surface area contributed by atoms with Gasteiger partial charge in [-0.3, -0.25) is 4.57 Å². The van der Waals surface area contributed by atoms with Crippen molar-refractivity contribution in [3.8, 4) is 11.6 Å². The van der Waals surface area contributed by atoms with Crippen LogP contribution in [0.4, 0.5) is 19.1 Å². The van der Waals surface area contributed by atoms with Crippen LogP contribution in [0, 0.1) is 0 Å². The van der Waals surface area contributed by atoms with E-state index in [2.05, 4.69) is 30.6 Å². The Hall–Kier alpha value is -2.95. The first kappa shape index (κ1) is 25.7. The van der Waals surface area contributed by atoms with Crippen LogP contribution in [0.15, 0.2) is 41.4 Å². The molecule has 0 radical (unpaired) electrons. The SMILES string of the molecule is CCc1nnc(N(C)Cc2ccc(SC)c(OC)c2)n1CCc1ccc(OCC(F)(F)F)nc1. The smallest absolute Gasteiger partial charge is 0.422 e. The molecule has 0 amide bonds. The van der Waals surface area contributed by atoms with E-state index in [0.29, 0.717) is 19.5 Å². The molecule has 184 valence electrons. The number of anilines is 1. The van der Waals surface area contributed by atoms with Crippen LogP contribution >= 0.6 is 11.8 Å². The lowest BCUT2D eigenvalue weighted by Gasteiger charge is -2.20. The molecule has 0 aliphatic heterocycles. The lowest BCUT2D eigenvalue weighted by atomic mass is 10.2. The Morgan fingerprint density at radius 3 is 2.50 bits per heavy atom. The van der Waals surface area contributed by atoms with Gasteiger partial charge in [-0.25, -0.2) is 4.98 Å². The number of ether oxygens (including phenoxy) is 2. The second-order valence-electron chi connectivity index (χ2n) is 7.63. The standard InChI is InChI=1S/C23H28F3N5O2S/c1-5-20-28-29-22(30(2)14-17-6-8-19(34-4)18(12-17)32-3)31(20)11-10-16-7-9-21(27-13-16)33-15-23(24,25)26/h6-9,12-13H,5,10-11,14-15H2,1-4H3. The molecule has 34 heavy (non-hydrogen) atoms. The summed E-state index contributed by atoms with van der Waals surface area (Å²) in [6.45, 7) is 1.89. The highest BCUT2D eigenvalue weighted by atomic mass is 32.2. The van der Waals surface area contributed by atoms with Crippen LogP contribution < -0.4 is 14.4 Å². The summed E-state index contributed by atoms with van der Waals surface area (Å²) in [5.41, 5.74) is 1.96. The van der Waals surface area contributed by atoms with Crippen molar-refractivity contribution in [3.05, 3.63) is 53.5 Å². The van der Waals surface area contributed by atoms with Crippen LogP contribution in [-0.4, -0.2) is 52.9 Å². The summed E-state index contributed by atoms with van der Waals surface area (Å²) in [6.07, 6.45) is 0.492. The number of alkyl halides is 3. The third-order valence-electron chi connectivity index (χ3n) is 5.14. The van der Waals surface area contributed by atoms with Gasteiger partial charge in [0, 0.05) is 43.7 Å². The van der Waals surface area contributed by atoms with Crippen molar-refractivity contribution >= 4 is 17.7 Å². The zero-order valence-corrected chi connectivity index (χ0v) is 20.4. The molecule has 3 rings (SSSR count). The number of nitrogens with zero attached hydrogens (tertiary/aromatic N) is 5. The summed E-state index contributed by atoms with van der Waals surface area (Å²) in [5, 5.41) is 8.73. The van der Waals surface area contributed by atoms with Gasteiger partial charge in [0.1, 0.15) is 11.6 Å². The van der Waals surface area contributed by atoms with Gasteiger partial charge in [0.15, 0.2) is 6.61 Å². The van der Waals surface area contributed by atoms with Gasteiger partial charge in [-0.05, 0) is 35.9 Å². The monoisotopic (exact) mass is 495 g/mol. The second kappa shape index (κ2) is 11.5. The molecule has 0 aliphatic carbocycles. The number of methoxy groups -OCH3 is 1. The van der Waals surface area contributed by atoms with Gasteiger partial charge in [0.25, 0.3) is 0 Å². The van der Waals surface area contributed by atoms with E-state index >= 15 is 0 Å². The zero-order valence-electron chi connectivity index (χ0n) is 19.6. The van der Waals surface area contributed by atoms with Crippen LogP contribution in [0.3, 0.4) is 0 Å². The van der Waals surface area contributed by atoms with Crippen molar-refractivity contribution in [2.75, 3.05) is 31.9 Å². The maximum absolute atomic E-state index is 12.3. The summed E-state index contributed by atoms with van der Waals surface area (Å²) < 4.78 is 49.1. The Kier molecular flexibility index (Phi) is 8.65. The van der Waals surface area contributed by atoms with Gasteiger partial charge < -0.3 is 14.4 Å². The molecule has 0 saturated heterocycles. The second-order valence-corrected chi connectivity index (χ2v) is 8.47. The average molecular weight is 496 g/mol. The van der Waals surface area contributed by atoms with Gasteiger partial charge in [0.05, 0.1) is 7.11 Å². The Morgan fingerprint density at radius 1 is 1.12 bits per heavy atom. The largest absolute Gasteiger partial charge is 0.496 e. The molecule has 2 heterocycles. The number of pyridine rings is 1. The van der Waals surface area contributed by atoms with Crippen molar-refractivity contribution in [1.29, 1.82) is 0 Å². The average Bonchev–Trinajstić information content (AvgIpc) is 3.24. The minimum atomic E-state index is -4.39. The van der Waals surface area contributed by atoms with Crippen molar-refractivity contribution in [1.82, 2.24) is 19.7 Å². The molecule has 11 heteroatoms. The maximum atomic E-state index is 12.3. The predicted octanol–water partition coefficient (Wildman–Crippen LogP) is 4.79. The molecular formula is C23H28F3N5O2S. The number of hydrogen-bond donors (Lipinski definition) is 0. The molecule has 0 N–H and O–H groups in total. The van der Waals surface area contributed by atoms with E-state index in [9.17, 15) is 13.2 Å². The molecule has 7 nitrogen and oxygen atoms in total. The van der Waals surface area contributed by atoms with E-state index < -0.39 is 12.8 Å². The number of halogens is 3. The van der Waals surface area contributed by atoms with Gasteiger partial charge in [-0.2, -0.15) is 13.2 Å². The Bertz CT molecular complexity index is 1070. The molecule has 1 aromatic carbocycles. The van der Waals surface area contributed by atoms with Crippen LogP contribution in [-0.2, 0) is 25.9 Å². The quantitative estimate of drug-likeness (QED) is 0.355. The van der Waals surface area contributed by atoms with E-state index in [-0.39, 0.29) is 5.88 Å². The molecule has 0 aliphatic rings. The Labute approximate surface area is 201 Å². The normalized spacial score (nSPS) is 11.5. The molecule has 0 fully saturated rings. The summed E-state index contributed by atoms with van der Waals surface area (Å²) in [6, 6.07) is 9.31. The fourth-order valence-electron chi connectivity index (χ4n) is 3.46. The number of thioether (sulfide) groups is 1. The number of aromatic nitrogens is 4. The van der Waals surface area contributed by atoms with E-state index in [0.717, 1.165) is 40.0 Å². The minimum Gasteiger partial charge on any atom is -0.496 e. The highest BCUT2D eigenvalue weighted by Gasteiger charge is 2.28. The molecule has 3 aromatic rings. The van der Waals surface area contributed by atoms with Gasteiger partial charge >= 0.3 is 6.18 Å². The van der Waals surface area contributed by atoms with Crippen LogP contribution in [0.1, 0.15) is 23.9 Å². The lowest BCUT2D eigenvalue weighted by Crippen LogP contribution is -2.22. The summed E-state index contributed by atoms with van der Waals surface area (Å²) in [4.78, 5) is 7.09. The Balaban J connectivity index is 1.68. The van der Waals surface area contributed by atoms with E-state index in [4.69, 9.17) is 4.74 Å². The van der Waals surface area contributed by atoms with Crippen molar-refractivity contribution in [2.45, 2.75) is 43.9 Å². The zero-order chi connectivity index (χ0) is 24.7. The maximum Gasteiger partial charge on any atom is 0.422 e. The summed E-state index contributed by atoms with van der Waals surface area (Å²) in [5.74, 6) is 2.38. The first-order chi connectivity index (χ1) is 16.2. The molecule has 0 spiro atoms. The third kappa shape index (κ3) is 6.78. The number of hydrogen-bond acceptors (Lipinski definition) is 7. The van der Waals surface area contributed by atoms with Gasteiger partial charge in [-0.1, -0.05) is 19.1 Å². The van der Waals surface area contributed by atoms with Gasteiger partial charge in [-0.15, -0.1) is 22.0 Å². The van der Waals surface area contributed by atoms with Crippen LogP contribution in [0.5, 0.6) is 11.6 Å². The molecule has 0 bridgehead atoms. The van der Waals surface area contributed by atoms with E-state index in [1.807, 2.05) is 37.3 Å². The summed E-state index contributed by atoms with van der Waals surface area (Å²) in [7, 11) is 3.62. The number of benzene rings is 1. The number of rotatable bonds is 11. The van der Waals surface area contributed by atoms with Crippen molar-refractivity contribution in [2.24, 2.45) is 0 Å². The van der Waals surface area contributed by atoms with Crippen molar-refractivity contribution in [3.63, 3.8) is 0 Å². The predicted molar refractivity (Wildman–Crippen MR) is 126 cm³/mol. The number of aryl methyl sites for hydroxylation is 2. The fourth-order valence-corrected chi connectivity index (χ4v) is 4.01. The van der Waals surface area contributed by atoms with E-state index in [1.165, 1.54) is 12.3 Å². The lowest BCUT2D eigenvalue weighted by molar-refractivity contribution is -0.154. The van der Waals surface area contributed by atoms with E-state index in [1.54, 1.807) is 24.9 Å². The first-order valence-electron chi connectivity index (χ1n) is 10.7. The van der Waals surface area contributed by atoms with Crippen LogP contribution in [0.25, 0.3) is 0 Å². The molecular weight excluding hydrogens is 467 g/mol. The minimum absolute atomic E-state index is 0.0528. The molecule has 0 unspecified atom stereocenters. The first-order valence-corrected chi connectivity index (χ1v) is 11.9. The van der Waals surface area contributed by atoms with Crippen molar-refractivity contribution < 1.29 is 22.6 Å². The molecule has 0 atom stereocenters. The molecule has 0 saturated carbocycles. The highest BCUT2D eigenvalue weighted by molar-refractivity contribution is 7.98. The fraction of sp³-hybridized carbons (Fsp3) is 0.435. The molecule has 2 aromatic heterocycles. The summed E-state index contributed by atoms with van der Waals surface area (Å²) >= 11 is 1.63. The Morgan fingerprint density at radius 2 is 1.88 bits per heavy atom. The van der Waals surface area contributed by atoms with Crippen LogP contribution in [0.2, 0.25) is 0 Å². The topological polar surface area (TPSA) is 65.3 Å². The third-order valence-corrected chi connectivity index (χ3v) is 5.92.